The Kier molecular flexibility index (Phi) is 5.79. The number of rotatable bonds is 7. The van der Waals surface area contributed by atoms with Crippen LogP contribution in [0.1, 0.15) is 44.7 Å². The predicted octanol–water partition coefficient (Wildman–Crippen LogP) is 2.11. The minimum atomic E-state index is 0.0484. The second-order valence-corrected chi connectivity index (χ2v) is 5.80. The lowest BCUT2D eigenvalue weighted by Gasteiger charge is -2.27. The van der Waals surface area contributed by atoms with Gasteiger partial charge in [-0.2, -0.15) is 0 Å². The van der Waals surface area contributed by atoms with Gasteiger partial charge in [0.15, 0.2) is 0 Å². The molecule has 108 valence electrons. The van der Waals surface area contributed by atoms with E-state index >= 15 is 0 Å². The molecule has 0 aromatic heterocycles. The molecule has 0 aliphatic heterocycles. The average molecular weight is 265 g/mol. The summed E-state index contributed by atoms with van der Waals surface area (Å²) in [5.74, 6) is 6.68. The van der Waals surface area contributed by atoms with Crippen molar-refractivity contribution < 1.29 is 4.74 Å². The van der Waals surface area contributed by atoms with Crippen molar-refractivity contribution in [2.45, 2.75) is 39.0 Å². The Morgan fingerprint density at radius 1 is 1.32 bits per heavy atom. The van der Waals surface area contributed by atoms with Crippen LogP contribution in [0.3, 0.4) is 0 Å². The predicted molar refractivity (Wildman–Crippen MR) is 80.3 cm³/mol. The highest BCUT2D eigenvalue weighted by Crippen LogP contribution is 2.32. The van der Waals surface area contributed by atoms with E-state index in [1.165, 1.54) is 11.1 Å². The number of hydrogen-bond acceptors (Lipinski definition) is 4. The summed E-state index contributed by atoms with van der Waals surface area (Å²) in [4.78, 5) is 0. The fraction of sp³-hybridized carbons (Fsp3) is 0.600. The molecule has 4 heteroatoms. The van der Waals surface area contributed by atoms with Gasteiger partial charge in [-0.15, -0.1) is 0 Å². The molecule has 0 saturated carbocycles. The van der Waals surface area contributed by atoms with Gasteiger partial charge in [0.25, 0.3) is 0 Å². The lowest BCUT2D eigenvalue weighted by atomic mass is 9.82. The van der Waals surface area contributed by atoms with Crippen LogP contribution >= 0.6 is 0 Å². The molecule has 0 atom stereocenters. The molecule has 0 fully saturated rings. The highest BCUT2D eigenvalue weighted by Gasteiger charge is 2.22. The SMILES string of the molecule is COc1ccc(C(C)(C)CNCNN)cc1C(C)C. The molecule has 0 unspecified atom stereocenters. The van der Waals surface area contributed by atoms with Crippen LogP contribution in [0.4, 0.5) is 0 Å². The van der Waals surface area contributed by atoms with E-state index in [1.54, 1.807) is 7.11 Å². The monoisotopic (exact) mass is 265 g/mol. The molecule has 0 heterocycles. The first-order chi connectivity index (χ1) is 8.92. The van der Waals surface area contributed by atoms with Crippen molar-refractivity contribution in [3.63, 3.8) is 0 Å². The lowest BCUT2D eigenvalue weighted by molar-refractivity contribution is 0.405. The topological polar surface area (TPSA) is 59.3 Å². The van der Waals surface area contributed by atoms with E-state index in [2.05, 4.69) is 56.6 Å². The first-order valence-corrected chi connectivity index (χ1v) is 6.75. The number of methoxy groups -OCH3 is 1. The van der Waals surface area contributed by atoms with Crippen molar-refractivity contribution >= 4 is 0 Å². The molecule has 0 radical (unpaired) electrons. The molecular formula is C15H27N3O. The van der Waals surface area contributed by atoms with Gasteiger partial charge in [-0.25, -0.2) is 5.43 Å². The zero-order valence-corrected chi connectivity index (χ0v) is 12.7. The van der Waals surface area contributed by atoms with Crippen molar-refractivity contribution in [1.82, 2.24) is 10.7 Å². The van der Waals surface area contributed by atoms with E-state index in [9.17, 15) is 0 Å². The Bertz CT molecular complexity index is 402. The summed E-state index contributed by atoms with van der Waals surface area (Å²) in [6.45, 7) is 10.3. The maximum absolute atomic E-state index is 5.43. The standard InChI is InChI=1S/C15H27N3O/c1-11(2)13-8-12(6-7-14(13)19-5)15(3,4)9-17-10-18-16/h6-8,11,17-18H,9-10,16H2,1-5H3. The summed E-state index contributed by atoms with van der Waals surface area (Å²) in [6.07, 6.45) is 0. The molecule has 1 aromatic carbocycles. The molecule has 4 N–H and O–H groups in total. The fourth-order valence-electron chi connectivity index (χ4n) is 2.16. The van der Waals surface area contributed by atoms with Crippen molar-refractivity contribution in [1.29, 1.82) is 0 Å². The molecule has 0 amide bonds. The number of hydrazine groups is 1. The van der Waals surface area contributed by atoms with E-state index in [1.807, 2.05) is 0 Å². The van der Waals surface area contributed by atoms with Crippen molar-refractivity contribution in [3.05, 3.63) is 29.3 Å². The summed E-state index contributed by atoms with van der Waals surface area (Å²) in [5.41, 5.74) is 5.22. The van der Waals surface area contributed by atoms with Gasteiger partial charge >= 0.3 is 0 Å². The zero-order chi connectivity index (χ0) is 14.5. The van der Waals surface area contributed by atoms with Gasteiger partial charge in [0.2, 0.25) is 0 Å². The van der Waals surface area contributed by atoms with Crippen molar-refractivity contribution in [2.24, 2.45) is 5.84 Å². The highest BCUT2D eigenvalue weighted by atomic mass is 16.5. The minimum absolute atomic E-state index is 0.0484. The van der Waals surface area contributed by atoms with Crippen LogP contribution in [0.5, 0.6) is 5.75 Å². The van der Waals surface area contributed by atoms with Crippen LogP contribution in [0.15, 0.2) is 18.2 Å². The summed E-state index contributed by atoms with van der Waals surface area (Å²) in [6, 6.07) is 6.46. The second kappa shape index (κ2) is 6.89. The summed E-state index contributed by atoms with van der Waals surface area (Å²) >= 11 is 0. The zero-order valence-electron chi connectivity index (χ0n) is 12.7. The Balaban J connectivity index is 2.96. The summed E-state index contributed by atoms with van der Waals surface area (Å²) in [7, 11) is 1.72. The largest absolute Gasteiger partial charge is 0.496 e. The fourth-order valence-corrected chi connectivity index (χ4v) is 2.16. The van der Waals surface area contributed by atoms with Gasteiger partial charge in [-0.05, 0) is 23.1 Å². The van der Waals surface area contributed by atoms with Gasteiger partial charge in [0.05, 0.1) is 13.8 Å². The molecule has 1 aromatic rings. The maximum atomic E-state index is 5.43. The normalized spacial score (nSPS) is 11.9. The third-order valence-electron chi connectivity index (χ3n) is 3.43. The van der Waals surface area contributed by atoms with Gasteiger partial charge in [0.1, 0.15) is 5.75 Å². The third-order valence-corrected chi connectivity index (χ3v) is 3.43. The van der Waals surface area contributed by atoms with E-state index in [0.29, 0.717) is 12.6 Å². The van der Waals surface area contributed by atoms with Gasteiger partial charge < -0.3 is 10.1 Å². The van der Waals surface area contributed by atoms with E-state index in [-0.39, 0.29) is 5.41 Å². The number of nitrogens with two attached hydrogens (primary N) is 1. The Morgan fingerprint density at radius 3 is 2.53 bits per heavy atom. The Morgan fingerprint density at radius 2 is 2.00 bits per heavy atom. The van der Waals surface area contributed by atoms with E-state index < -0.39 is 0 Å². The third kappa shape index (κ3) is 4.20. The highest BCUT2D eigenvalue weighted by molar-refractivity contribution is 5.41. The molecule has 0 saturated heterocycles. The second-order valence-electron chi connectivity index (χ2n) is 5.80. The first-order valence-electron chi connectivity index (χ1n) is 6.75. The average Bonchev–Trinajstić information content (AvgIpc) is 2.38. The van der Waals surface area contributed by atoms with Crippen molar-refractivity contribution in [3.8, 4) is 5.75 Å². The molecule has 4 nitrogen and oxygen atoms in total. The summed E-state index contributed by atoms with van der Waals surface area (Å²) < 4.78 is 5.43. The molecule has 0 aliphatic carbocycles. The van der Waals surface area contributed by atoms with Crippen LogP contribution in [-0.4, -0.2) is 20.3 Å². The van der Waals surface area contributed by atoms with Crippen LogP contribution < -0.4 is 21.3 Å². The molecule has 0 bridgehead atoms. The van der Waals surface area contributed by atoms with E-state index in [4.69, 9.17) is 10.6 Å². The van der Waals surface area contributed by atoms with Gasteiger partial charge in [-0.3, -0.25) is 5.84 Å². The molecule has 1 rings (SSSR count). The van der Waals surface area contributed by atoms with Crippen LogP contribution in [-0.2, 0) is 5.41 Å². The molecule has 19 heavy (non-hydrogen) atoms. The van der Waals surface area contributed by atoms with Crippen LogP contribution in [0.25, 0.3) is 0 Å². The van der Waals surface area contributed by atoms with Gasteiger partial charge in [-0.1, -0.05) is 39.8 Å². The van der Waals surface area contributed by atoms with Crippen LogP contribution in [0, 0.1) is 0 Å². The number of nitrogens with one attached hydrogen (secondary N) is 2. The molecular weight excluding hydrogens is 238 g/mol. The Hall–Kier alpha value is -1.10. The number of hydrogen-bond donors (Lipinski definition) is 3. The smallest absolute Gasteiger partial charge is 0.122 e. The number of ether oxygens (including phenoxy) is 1. The molecule has 0 spiro atoms. The number of benzene rings is 1. The van der Waals surface area contributed by atoms with Crippen molar-refractivity contribution in [2.75, 3.05) is 20.3 Å². The Labute approximate surface area is 116 Å². The quantitative estimate of drug-likeness (QED) is 0.306. The minimum Gasteiger partial charge on any atom is -0.496 e. The molecule has 0 aliphatic rings. The first kappa shape index (κ1) is 16.0. The lowest BCUT2D eigenvalue weighted by Crippen LogP contribution is -2.40. The maximum Gasteiger partial charge on any atom is 0.122 e. The van der Waals surface area contributed by atoms with Gasteiger partial charge in [0, 0.05) is 12.0 Å². The summed E-state index contributed by atoms with van der Waals surface area (Å²) in [5, 5.41) is 3.28. The van der Waals surface area contributed by atoms with E-state index in [0.717, 1.165) is 12.3 Å². The van der Waals surface area contributed by atoms with Crippen LogP contribution in [0.2, 0.25) is 0 Å².